The van der Waals surface area contributed by atoms with Crippen molar-refractivity contribution in [1.82, 2.24) is 14.3 Å². The van der Waals surface area contributed by atoms with Gasteiger partial charge in [-0.2, -0.15) is 0 Å². The van der Waals surface area contributed by atoms with E-state index in [4.69, 9.17) is 11.6 Å². The van der Waals surface area contributed by atoms with Crippen LogP contribution in [-0.2, 0) is 10.0 Å². The van der Waals surface area contributed by atoms with Crippen LogP contribution in [0.2, 0.25) is 5.02 Å². The van der Waals surface area contributed by atoms with Crippen molar-refractivity contribution >= 4 is 44.3 Å². The van der Waals surface area contributed by atoms with Gasteiger partial charge in [0.05, 0.1) is 21.6 Å². The van der Waals surface area contributed by atoms with E-state index in [-0.39, 0.29) is 10.6 Å². The standard InChI is InChI=1S/C15H15ClN4O3S/c1-20(2)24(22,23)10-4-5-11-12(8-10)18-15(17-11)19-13-7-9(16)3-6-14(13)21/h3-8,21H,1-2H3,(H2,17,18,19). The number of hydrogen-bond acceptors (Lipinski definition) is 5. The average Bonchev–Trinajstić information content (AvgIpc) is 2.92. The largest absolute Gasteiger partial charge is 0.506 e. The fourth-order valence-electron chi connectivity index (χ4n) is 2.15. The molecule has 0 aliphatic carbocycles. The van der Waals surface area contributed by atoms with Gasteiger partial charge < -0.3 is 15.4 Å². The van der Waals surface area contributed by atoms with Crippen LogP contribution in [0.1, 0.15) is 0 Å². The number of nitrogens with zero attached hydrogens (tertiary/aromatic N) is 2. The van der Waals surface area contributed by atoms with Crippen LogP contribution in [0.5, 0.6) is 5.75 Å². The summed E-state index contributed by atoms with van der Waals surface area (Å²) in [5.41, 5.74) is 1.54. The Morgan fingerprint density at radius 1 is 1.21 bits per heavy atom. The lowest BCUT2D eigenvalue weighted by atomic mass is 10.3. The summed E-state index contributed by atoms with van der Waals surface area (Å²) >= 11 is 5.91. The second kappa shape index (κ2) is 5.97. The van der Waals surface area contributed by atoms with Crippen molar-refractivity contribution in [1.29, 1.82) is 0 Å². The molecule has 0 atom stereocenters. The third kappa shape index (κ3) is 3.03. The van der Waals surface area contributed by atoms with E-state index in [1.165, 1.54) is 32.3 Å². The number of phenolic OH excluding ortho intramolecular Hbond substituents is 1. The highest BCUT2D eigenvalue weighted by Crippen LogP contribution is 2.29. The van der Waals surface area contributed by atoms with Crippen LogP contribution in [0.4, 0.5) is 11.6 Å². The number of imidazole rings is 1. The van der Waals surface area contributed by atoms with E-state index in [0.717, 1.165) is 4.31 Å². The van der Waals surface area contributed by atoms with Crippen LogP contribution in [0.15, 0.2) is 41.3 Å². The number of phenols is 1. The van der Waals surface area contributed by atoms with Gasteiger partial charge in [0.1, 0.15) is 5.75 Å². The van der Waals surface area contributed by atoms with Crippen LogP contribution >= 0.6 is 11.6 Å². The van der Waals surface area contributed by atoms with E-state index in [1.807, 2.05) is 0 Å². The van der Waals surface area contributed by atoms with Crippen LogP contribution < -0.4 is 5.32 Å². The minimum atomic E-state index is -3.53. The maximum absolute atomic E-state index is 12.2. The van der Waals surface area contributed by atoms with Gasteiger partial charge in [-0.1, -0.05) is 11.6 Å². The van der Waals surface area contributed by atoms with Gasteiger partial charge in [-0.25, -0.2) is 17.7 Å². The Morgan fingerprint density at radius 3 is 2.67 bits per heavy atom. The Hall–Kier alpha value is -2.29. The third-order valence-electron chi connectivity index (χ3n) is 3.44. The summed E-state index contributed by atoms with van der Waals surface area (Å²) in [5.74, 6) is 0.387. The Bertz CT molecular complexity index is 1010. The topological polar surface area (TPSA) is 98.3 Å². The fourth-order valence-corrected chi connectivity index (χ4v) is 3.25. The molecule has 0 aliphatic heterocycles. The number of anilines is 2. The van der Waals surface area contributed by atoms with Crippen molar-refractivity contribution in [2.45, 2.75) is 4.90 Å². The molecule has 0 spiro atoms. The van der Waals surface area contributed by atoms with Crippen molar-refractivity contribution in [2.75, 3.05) is 19.4 Å². The SMILES string of the molecule is CN(C)S(=O)(=O)c1ccc2[nH]c(Nc3cc(Cl)ccc3O)nc2c1. The summed E-state index contributed by atoms with van der Waals surface area (Å²) in [7, 11) is -0.586. The van der Waals surface area contributed by atoms with Crippen molar-refractivity contribution < 1.29 is 13.5 Å². The molecule has 0 aliphatic rings. The zero-order chi connectivity index (χ0) is 17.5. The molecule has 0 amide bonds. The van der Waals surface area contributed by atoms with Crippen LogP contribution in [0, 0.1) is 0 Å². The first kappa shape index (κ1) is 16.6. The molecule has 9 heteroatoms. The minimum absolute atomic E-state index is 0.0238. The number of aromatic nitrogens is 2. The van der Waals surface area contributed by atoms with Gasteiger partial charge in [0.25, 0.3) is 0 Å². The van der Waals surface area contributed by atoms with Crippen molar-refractivity contribution in [3.63, 3.8) is 0 Å². The zero-order valence-electron chi connectivity index (χ0n) is 12.9. The molecule has 126 valence electrons. The number of halogens is 1. The number of H-pyrrole nitrogens is 1. The van der Waals surface area contributed by atoms with E-state index >= 15 is 0 Å². The van der Waals surface area contributed by atoms with Gasteiger partial charge in [0.15, 0.2) is 0 Å². The lowest BCUT2D eigenvalue weighted by Gasteiger charge is -2.10. The van der Waals surface area contributed by atoms with Crippen LogP contribution in [0.3, 0.4) is 0 Å². The summed E-state index contributed by atoms with van der Waals surface area (Å²) < 4.78 is 25.5. The molecule has 3 rings (SSSR count). The number of fused-ring (bicyclic) bond motifs is 1. The molecule has 2 aromatic carbocycles. The lowest BCUT2D eigenvalue weighted by molar-refractivity contribution is 0.477. The second-order valence-electron chi connectivity index (χ2n) is 5.34. The molecule has 3 aromatic rings. The summed E-state index contributed by atoms with van der Waals surface area (Å²) in [6.07, 6.45) is 0. The summed E-state index contributed by atoms with van der Waals surface area (Å²) in [4.78, 5) is 7.48. The second-order valence-corrected chi connectivity index (χ2v) is 7.93. The maximum Gasteiger partial charge on any atom is 0.242 e. The number of benzene rings is 2. The number of aromatic amines is 1. The quantitative estimate of drug-likeness (QED) is 0.617. The van der Waals surface area contributed by atoms with Crippen molar-refractivity contribution in [3.8, 4) is 5.75 Å². The number of aromatic hydroxyl groups is 1. The van der Waals surface area contributed by atoms with E-state index in [2.05, 4.69) is 15.3 Å². The van der Waals surface area contributed by atoms with E-state index in [1.54, 1.807) is 18.2 Å². The average molecular weight is 367 g/mol. The highest BCUT2D eigenvalue weighted by molar-refractivity contribution is 7.89. The molecule has 0 saturated heterocycles. The Balaban J connectivity index is 1.99. The molecule has 7 nitrogen and oxygen atoms in total. The number of hydrogen-bond donors (Lipinski definition) is 3. The van der Waals surface area contributed by atoms with E-state index < -0.39 is 10.0 Å². The van der Waals surface area contributed by atoms with Crippen LogP contribution in [-0.4, -0.2) is 41.9 Å². The highest BCUT2D eigenvalue weighted by Gasteiger charge is 2.18. The Morgan fingerprint density at radius 2 is 1.96 bits per heavy atom. The summed E-state index contributed by atoms with van der Waals surface area (Å²) in [6, 6.07) is 9.24. The molecule has 24 heavy (non-hydrogen) atoms. The van der Waals surface area contributed by atoms with Gasteiger partial charge >= 0.3 is 0 Å². The molecule has 0 saturated carbocycles. The van der Waals surface area contributed by atoms with Gasteiger partial charge in [-0.05, 0) is 36.4 Å². The van der Waals surface area contributed by atoms with Crippen molar-refractivity contribution in [3.05, 3.63) is 41.4 Å². The van der Waals surface area contributed by atoms with Gasteiger partial charge in [-0.15, -0.1) is 0 Å². The molecule has 0 fully saturated rings. The molecule has 3 N–H and O–H groups in total. The molecule has 1 heterocycles. The molecule has 0 radical (unpaired) electrons. The number of sulfonamides is 1. The molecular weight excluding hydrogens is 352 g/mol. The van der Waals surface area contributed by atoms with Gasteiger partial charge in [0.2, 0.25) is 16.0 Å². The molecule has 0 unspecified atom stereocenters. The molecular formula is C15H15ClN4O3S. The first-order chi connectivity index (χ1) is 11.3. The van der Waals surface area contributed by atoms with Gasteiger partial charge in [0, 0.05) is 19.1 Å². The van der Waals surface area contributed by atoms with E-state index in [9.17, 15) is 13.5 Å². The summed E-state index contributed by atoms with van der Waals surface area (Å²) in [6.45, 7) is 0. The first-order valence-electron chi connectivity index (χ1n) is 6.95. The molecule has 1 aromatic heterocycles. The van der Waals surface area contributed by atoms with Crippen molar-refractivity contribution in [2.24, 2.45) is 0 Å². The summed E-state index contributed by atoms with van der Waals surface area (Å²) in [5, 5.41) is 13.2. The number of rotatable bonds is 4. The smallest absolute Gasteiger partial charge is 0.242 e. The first-order valence-corrected chi connectivity index (χ1v) is 8.77. The third-order valence-corrected chi connectivity index (χ3v) is 5.49. The van der Waals surface area contributed by atoms with Gasteiger partial charge in [-0.3, -0.25) is 0 Å². The molecule has 0 bridgehead atoms. The monoisotopic (exact) mass is 366 g/mol. The maximum atomic E-state index is 12.2. The fraction of sp³-hybridized carbons (Fsp3) is 0.133. The number of nitrogens with one attached hydrogen (secondary N) is 2. The lowest BCUT2D eigenvalue weighted by Crippen LogP contribution is -2.22. The Labute approximate surface area is 143 Å². The minimum Gasteiger partial charge on any atom is -0.506 e. The highest BCUT2D eigenvalue weighted by atomic mass is 35.5. The van der Waals surface area contributed by atoms with Crippen LogP contribution in [0.25, 0.3) is 11.0 Å². The predicted molar refractivity (Wildman–Crippen MR) is 93.4 cm³/mol. The normalized spacial score (nSPS) is 12.0. The van der Waals surface area contributed by atoms with E-state index in [0.29, 0.717) is 27.7 Å². The zero-order valence-corrected chi connectivity index (χ0v) is 14.5. The Kier molecular flexibility index (Phi) is 4.12. The predicted octanol–water partition coefficient (Wildman–Crippen LogP) is 2.92.